The van der Waals surface area contributed by atoms with Gasteiger partial charge in [-0.15, -0.1) is 24.0 Å². The van der Waals surface area contributed by atoms with Gasteiger partial charge in [-0.2, -0.15) is 0 Å². The van der Waals surface area contributed by atoms with E-state index in [9.17, 15) is 4.79 Å². The minimum atomic E-state index is 0. The van der Waals surface area contributed by atoms with E-state index in [1.807, 2.05) is 25.1 Å². The lowest BCUT2D eigenvalue weighted by atomic mass is 10.1. The van der Waals surface area contributed by atoms with Crippen LogP contribution in [0.4, 0.5) is 0 Å². The molecular formula is C18H31IN4O2. The van der Waals surface area contributed by atoms with Gasteiger partial charge >= 0.3 is 0 Å². The summed E-state index contributed by atoms with van der Waals surface area (Å²) in [4.78, 5) is 15.9. The molecule has 142 valence electrons. The Hall–Kier alpha value is -1.51. The lowest BCUT2D eigenvalue weighted by molar-refractivity contribution is -0.121. The molecule has 3 N–H and O–H groups in total. The number of ether oxygens (including phenoxy) is 1. The molecule has 0 aliphatic heterocycles. The van der Waals surface area contributed by atoms with E-state index in [-0.39, 0.29) is 35.9 Å². The first-order chi connectivity index (χ1) is 11.6. The van der Waals surface area contributed by atoms with E-state index in [0.29, 0.717) is 18.9 Å². The molecule has 1 amide bonds. The molecular weight excluding hydrogens is 431 g/mol. The first-order valence-corrected chi connectivity index (χ1v) is 8.46. The minimum absolute atomic E-state index is 0. The van der Waals surface area contributed by atoms with Crippen LogP contribution in [0, 0.1) is 0 Å². The van der Waals surface area contributed by atoms with Gasteiger partial charge in [-0.1, -0.05) is 25.1 Å². The van der Waals surface area contributed by atoms with Gasteiger partial charge in [0.05, 0.1) is 7.11 Å². The van der Waals surface area contributed by atoms with Crippen LogP contribution >= 0.6 is 24.0 Å². The Bertz CT molecular complexity index is 538. The Morgan fingerprint density at radius 3 is 2.56 bits per heavy atom. The standard InChI is InChI=1S/C18H30N4O2.HI/c1-5-14(2)22-17(23)11-13-21-18(19-3)20-12-10-15-8-6-7-9-16(15)24-4;/h6-9,14H,5,10-13H2,1-4H3,(H,22,23)(H2,19,20,21);1H. The third kappa shape index (κ3) is 9.52. The van der Waals surface area contributed by atoms with Crippen molar-refractivity contribution in [1.82, 2.24) is 16.0 Å². The Kier molecular flexibility index (Phi) is 12.9. The van der Waals surface area contributed by atoms with Crippen molar-refractivity contribution in [3.8, 4) is 5.75 Å². The van der Waals surface area contributed by atoms with Crippen LogP contribution in [0.25, 0.3) is 0 Å². The van der Waals surface area contributed by atoms with Gasteiger partial charge in [-0.05, 0) is 31.4 Å². The molecule has 0 radical (unpaired) electrons. The van der Waals surface area contributed by atoms with Gasteiger partial charge in [0.1, 0.15) is 5.75 Å². The number of nitrogens with one attached hydrogen (secondary N) is 3. The molecule has 1 aromatic carbocycles. The molecule has 0 aromatic heterocycles. The first-order valence-electron chi connectivity index (χ1n) is 8.46. The summed E-state index contributed by atoms with van der Waals surface area (Å²) in [6, 6.07) is 8.19. The predicted molar refractivity (Wildman–Crippen MR) is 114 cm³/mol. The molecule has 1 aromatic rings. The third-order valence-electron chi connectivity index (χ3n) is 3.77. The van der Waals surface area contributed by atoms with Crippen LogP contribution in [0.3, 0.4) is 0 Å². The lowest BCUT2D eigenvalue weighted by Crippen LogP contribution is -2.41. The molecule has 0 aliphatic carbocycles. The van der Waals surface area contributed by atoms with E-state index in [1.54, 1.807) is 14.2 Å². The maximum atomic E-state index is 11.7. The predicted octanol–water partition coefficient (Wildman–Crippen LogP) is 2.33. The van der Waals surface area contributed by atoms with E-state index < -0.39 is 0 Å². The Balaban J connectivity index is 0.00000576. The molecule has 6 nitrogen and oxygen atoms in total. The molecule has 25 heavy (non-hydrogen) atoms. The number of halogens is 1. The molecule has 0 saturated heterocycles. The molecule has 1 rings (SSSR count). The van der Waals surface area contributed by atoms with Gasteiger partial charge in [0.25, 0.3) is 0 Å². The van der Waals surface area contributed by atoms with E-state index >= 15 is 0 Å². The fourth-order valence-electron chi connectivity index (χ4n) is 2.19. The van der Waals surface area contributed by atoms with Crippen LogP contribution in [0.5, 0.6) is 5.75 Å². The van der Waals surface area contributed by atoms with Crippen molar-refractivity contribution in [2.45, 2.75) is 39.2 Å². The van der Waals surface area contributed by atoms with Crippen LogP contribution in [0.2, 0.25) is 0 Å². The fourth-order valence-corrected chi connectivity index (χ4v) is 2.19. The number of nitrogens with zero attached hydrogens (tertiary/aromatic N) is 1. The number of methoxy groups -OCH3 is 1. The average Bonchev–Trinajstić information content (AvgIpc) is 2.60. The van der Waals surface area contributed by atoms with E-state index in [0.717, 1.165) is 30.7 Å². The number of hydrogen-bond donors (Lipinski definition) is 3. The van der Waals surface area contributed by atoms with Crippen molar-refractivity contribution >= 4 is 35.8 Å². The SMILES string of the molecule is CCC(C)NC(=O)CCNC(=NC)NCCc1ccccc1OC.I. The first kappa shape index (κ1) is 23.5. The molecule has 0 heterocycles. The van der Waals surface area contributed by atoms with Crippen molar-refractivity contribution in [1.29, 1.82) is 0 Å². The Labute approximate surface area is 168 Å². The number of hydrogen-bond acceptors (Lipinski definition) is 3. The van der Waals surface area contributed by atoms with E-state index in [4.69, 9.17) is 4.74 Å². The smallest absolute Gasteiger partial charge is 0.221 e. The average molecular weight is 462 g/mol. The molecule has 0 bridgehead atoms. The normalized spacial score (nSPS) is 11.9. The van der Waals surface area contributed by atoms with Gasteiger partial charge in [0.15, 0.2) is 5.96 Å². The summed E-state index contributed by atoms with van der Waals surface area (Å²) >= 11 is 0. The Morgan fingerprint density at radius 1 is 1.24 bits per heavy atom. The maximum Gasteiger partial charge on any atom is 0.221 e. The summed E-state index contributed by atoms with van der Waals surface area (Å²) in [6.07, 6.45) is 2.20. The number of amides is 1. The minimum Gasteiger partial charge on any atom is -0.496 e. The van der Waals surface area contributed by atoms with Crippen LogP contribution in [-0.2, 0) is 11.2 Å². The van der Waals surface area contributed by atoms with Crippen molar-refractivity contribution in [2.24, 2.45) is 4.99 Å². The highest BCUT2D eigenvalue weighted by molar-refractivity contribution is 14.0. The number of aliphatic imine (C=N–C) groups is 1. The molecule has 0 saturated carbocycles. The zero-order valence-corrected chi connectivity index (χ0v) is 17.9. The van der Waals surface area contributed by atoms with Crippen molar-refractivity contribution in [2.75, 3.05) is 27.2 Å². The van der Waals surface area contributed by atoms with Crippen molar-refractivity contribution in [3.63, 3.8) is 0 Å². The summed E-state index contributed by atoms with van der Waals surface area (Å²) in [5.41, 5.74) is 1.15. The number of carbonyl (C=O) groups excluding carboxylic acids is 1. The zero-order chi connectivity index (χ0) is 17.8. The van der Waals surface area contributed by atoms with Crippen LogP contribution in [0.15, 0.2) is 29.3 Å². The Morgan fingerprint density at radius 2 is 1.92 bits per heavy atom. The summed E-state index contributed by atoms with van der Waals surface area (Å²) in [5, 5.41) is 9.35. The molecule has 1 unspecified atom stereocenters. The van der Waals surface area contributed by atoms with Crippen LogP contribution < -0.4 is 20.7 Å². The van der Waals surface area contributed by atoms with E-state index in [1.165, 1.54) is 0 Å². The fraction of sp³-hybridized carbons (Fsp3) is 0.556. The highest BCUT2D eigenvalue weighted by Crippen LogP contribution is 2.17. The lowest BCUT2D eigenvalue weighted by Gasteiger charge is -2.14. The third-order valence-corrected chi connectivity index (χ3v) is 3.77. The van der Waals surface area contributed by atoms with Gasteiger partial charge in [-0.3, -0.25) is 9.79 Å². The van der Waals surface area contributed by atoms with Crippen LogP contribution in [-0.4, -0.2) is 45.2 Å². The van der Waals surface area contributed by atoms with Crippen molar-refractivity contribution < 1.29 is 9.53 Å². The molecule has 0 aliphatic rings. The largest absolute Gasteiger partial charge is 0.496 e. The summed E-state index contributed by atoms with van der Waals surface area (Å²) in [6.45, 7) is 5.34. The molecule has 0 spiro atoms. The topological polar surface area (TPSA) is 74.8 Å². The molecule has 1 atom stereocenters. The van der Waals surface area contributed by atoms with Gasteiger partial charge < -0.3 is 20.7 Å². The van der Waals surface area contributed by atoms with E-state index in [2.05, 4.69) is 33.9 Å². The second-order valence-electron chi connectivity index (χ2n) is 5.61. The molecule has 0 fully saturated rings. The number of carbonyl (C=O) groups is 1. The molecule has 7 heteroatoms. The highest BCUT2D eigenvalue weighted by atomic mass is 127. The number of para-hydroxylation sites is 1. The second kappa shape index (κ2) is 13.7. The monoisotopic (exact) mass is 462 g/mol. The summed E-state index contributed by atoms with van der Waals surface area (Å²) in [7, 11) is 3.40. The number of benzene rings is 1. The summed E-state index contributed by atoms with van der Waals surface area (Å²) in [5.74, 6) is 1.64. The van der Waals surface area contributed by atoms with Crippen LogP contribution in [0.1, 0.15) is 32.3 Å². The zero-order valence-electron chi connectivity index (χ0n) is 15.6. The quantitative estimate of drug-likeness (QED) is 0.299. The summed E-state index contributed by atoms with van der Waals surface area (Å²) < 4.78 is 5.34. The van der Waals surface area contributed by atoms with Gasteiger partial charge in [0.2, 0.25) is 5.91 Å². The highest BCUT2D eigenvalue weighted by Gasteiger charge is 2.06. The number of rotatable bonds is 9. The second-order valence-corrected chi connectivity index (χ2v) is 5.61. The van der Waals surface area contributed by atoms with Gasteiger partial charge in [0, 0.05) is 32.6 Å². The van der Waals surface area contributed by atoms with Crippen molar-refractivity contribution in [3.05, 3.63) is 29.8 Å². The van der Waals surface area contributed by atoms with Gasteiger partial charge in [-0.25, -0.2) is 0 Å². The number of guanidine groups is 1. The maximum absolute atomic E-state index is 11.7.